The summed E-state index contributed by atoms with van der Waals surface area (Å²) in [6.07, 6.45) is 0.891. The number of esters is 1. The van der Waals surface area contributed by atoms with Gasteiger partial charge in [-0.2, -0.15) is 5.26 Å². The molecule has 0 aromatic heterocycles. The molecule has 4 aromatic carbocycles. The van der Waals surface area contributed by atoms with Crippen molar-refractivity contribution < 1.29 is 28.5 Å². The quantitative estimate of drug-likeness (QED) is 0.144. The van der Waals surface area contributed by atoms with E-state index in [0.29, 0.717) is 53.9 Å². The first-order chi connectivity index (χ1) is 21.4. The average molecular weight is 591 g/mol. The summed E-state index contributed by atoms with van der Waals surface area (Å²) in [7, 11) is 0. The molecule has 1 unspecified atom stereocenters. The van der Waals surface area contributed by atoms with Crippen molar-refractivity contribution in [3.8, 4) is 34.8 Å². The SMILES string of the molecule is CCCOc1ccc(C(=O)Oc2ccc3c(c2)OC(N)=C(C#N)C3c2ccc(OCc3ccc(C)cc3)c(OCC)c2)cc1. The Morgan fingerprint density at radius 1 is 0.886 bits per heavy atom. The van der Waals surface area contributed by atoms with Gasteiger partial charge in [0.1, 0.15) is 35.5 Å². The number of hydrogen-bond donors (Lipinski definition) is 1. The van der Waals surface area contributed by atoms with Crippen molar-refractivity contribution in [3.05, 3.63) is 124 Å². The summed E-state index contributed by atoms with van der Waals surface area (Å²) < 4.78 is 29.1. The van der Waals surface area contributed by atoms with E-state index in [1.807, 2.05) is 63.2 Å². The molecule has 8 heteroatoms. The topological polar surface area (TPSA) is 113 Å². The van der Waals surface area contributed by atoms with Gasteiger partial charge in [-0.15, -0.1) is 0 Å². The van der Waals surface area contributed by atoms with Gasteiger partial charge >= 0.3 is 5.97 Å². The van der Waals surface area contributed by atoms with Crippen LogP contribution in [-0.4, -0.2) is 19.2 Å². The first-order valence-electron chi connectivity index (χ1n) is 14.5. The third-order valence-corrected chi connectivity index (χ3v) is 7.08. The molecule has 1 heterocycles. The Morgan fingerprint density at radius 2 is 1.64 bits per heavy atom. The molecule has 0 fully saturated rings. The zero-order valence-electron chi connectivity index (χ0n) is 25.0. The van der Waals surface area contributed by atoms with Crippen molar-refractivity contribution in [1.82, 2.24) is 0 Å². The van der Waals surface area contributed by atoms with Gasteiger partial charge in [-0.05, 0) is 73.9 Å². The molecule has 2 N–H and O–H groups in total. The maximum absolute atomic E-state index is 12.8. The highest BCUT2D eigenvalue weighted by molar-refractivity contribution is 5.91. The van der Waals surface area contributed by atoms with Gasteiger partial charge in [0.15, 0.2) is 11.5 Å². The molecule has 0 saturated carbocycles. The van der Waals surface area contributed by atoms with Crippen LogP contribution in [0.3, 0.4) is 0 Å². The fourth-order valence-electron chi connectivity index (χ4n) is 4.85. The predicted octanol–water partition coefficient (Wildman–Crippen LogP) is 7.20. The van der Waals surface area contributed by atoms with Crippen LogP contribution in [0.4, 0.5) is 0 Å². The Morgan fingerprint density at radius 3 is 2.34 bits per heavy atom. The van der Waals surface area contributed by atoms with Crippen LogP contribution in [0.5, 0.6) is 28.7 Å². The molecular weight excluding hydrogens is 556 g/mol. The number of nitrogens with zero attached hydrogens (tertiary/aromatic N) is 1. The molecule has 44 heavy (non-hydrogen) atoms. The van der Waals surface area contributed by atoms with Crippen LogP contribution in [0.25, 0.3) is 0 Å². The number of hydrogen-bond acceptors (Lipinski definition) is 8. The second-order valence-corrected chi connectivity index (χ2v) is 10.3. The fraction of sp³-hybridized carbons (Fsp3) is 0.222. The number of carbonyl (C=O) groups is 1. The summed E-state index contributed by atoms with van der Waals surface area (Å²) in [6, 6.07) is 27.8. The van der Waals surface area contributed by atoms with Crippen molar-refractivity contribution in [2.45, 2.75) is 39.7 Å². The summed E-state index contributed by atoms with van der Waals surface area (Å²) in [6.45, 7) is 7.38. The van der Waals surface area contributed by atoms with Crippen LogP contribution in [0, 0.1) is 18.3 Å². The molecule has 224 valence electrons. The van der Waals surface area contributed by atoms with E-state index in [1.165, 1.54) is 5.56 Å². The molecule has 0 radical (unpaired) electrons. The highest BCUT2D eigenvalue weighted by Crippen LogP contribution is 2.45. The lowest BCUT2D eigenvalue weighted by Gasteiger charge is -2.27. The second kappa shape index (κ2) is 13.7. The number of nitrogens with two attached hydrogens (primary N) is 1. The summed E-state index contributed by atoms with van der Waals surface area (Å²) in [4.78, 5) is 12.8. The van der Waals surface area contributed by atoms with Gasteiger partial charge in [-0.1, -0.05) is 48.9 Å². The molecule has 1 aliphatic rings. The Kier molecular flexibility index (Phi) is 9.36. The molecule has 1 atom stereocenters. The lowest BCUT2D eigenvalue weighted by molar-refractivity contribution is 0.0734. The molecule has 8 nitrogen and oxygen atoms in total. The van der Waals surface area contributed by atoms with E-state index in [2.05, 4.69) is 6.07 Å². The van der Waals surface area contributed by atoms with E-state index in [4.69, 9.17) is 29.4 Å². The van der Waals surface area contributed by atoms with Crippen molar-refractivity contribution in [2.24, 2.45) is 5.73 Å². The number of allylic oxidation sites excluding steroid dienone is 1. The Bertz CT molecular complexity index is 1700. The van der Waals surface area contributed by atoms with Gasteiger partial charge in [0.2, 0.25) is 5.88 Å². The van der Waals surface area contributed by atoms with Gasteiger partial charge < -0.3 is 29.4 Å². The second-order valence-electron chi connectivity index (χ2n) is 10.3. The molecular formula is C36H34N2O6. The van der Waals surface area contributed by atoms with E-state index in [0.717, 1.165) is 17.5 Å². The highest BCUT2D eigenvalue weighted by atomic mass is 16.5. The Hall–Kier alpha value is -5.42. The molecule has 0 amide bonds. The third-order valence-electron chi connectivity index (χ3n) is 7.08. The minimum Gasteiger partial charge on any atom is -0.494 e. The van der Waals surface area contributed by atoms with Crippen LogP contribution in [-0.2, 0) is 6.61 Å². The van der Waals surface area contributed by atoms with E-state index in [-0.39, 0.29) is 17.2 Å². The molecule has 5 rings (SSSR count). The van der Waals surface area contributed by atoms with Gasteiger partial charge in [-0.3, -0.25) is 0 Å². The number of rotatable bonds is 11. The normalized spacial score (nSPS) is 13.7. The monoisotopic (exact) mass is 590 g/mol. The van der Waals surface area contributed by atoms with Crippen molar-refractivity contribution in [1.29, 1.82) is 5.26 Å². The minimum absolute atomic E-state index is 0.0196. The Balaban J connectivity index is 1.39. The number of fused-ring (bicyclic) bond motifs is 1. The standard InChI is InChI=1S/C36H34N2O6/c1-4-18-41-27-13-10-25(11-14-27)36(39)43-28-15-16-29-32(20-28)44-35(38)30(21-37)34(29)26-12-17-31(33(19-26)40-5-2)42-22-24-8-6-23(3)7-9-24/h6-17,19-20,34H,4-5,18,22,38H2,1-3H3. The number of ether oxygens (including phenoxy) is 5. The first-order valence-corrected chi connectivity index (χ1v) is 14.5. The van der Waals surface area contributed by atoms with Gasteiger partial charge in [0.25, 0.3) is 0 Å². The minimum atomic E-state index is -0.533. The third kappa shape index (κ3) is 6.79. The lowest BCUT2D eigenvalue weighted by Crippen LogP contribution is -2.21. The molecule has 0 saturated heterocycles. The largest absolute Gasteiger partial charge is 0.494 e. The van der Waals surface area contributed by atoms with Gasteiger partial charge in [-0.25, -0.2) is 4.79 Å². The molecule has 0 spiro atoms. The highest BCUT2D eigenvalue weighted by Gasteiger charge is 2.32. The number of carbonyl (C=O) groups excluding carboxylic acids is 1. The number of benzene rings is 4. The maximum atomic E-state index is 12.8. The average Bonchev–Trinajstić information content (AvgIpc) is 3.03. The van der Waals surface area contributed by atoms with Crippen LogP contribution < -0.4 is 29.4 Å². The zero-order chi connectivity index (χ0) is 31.1. The van der Waals surface area contributed by atoms with Gasteiger partial charge in [0.05, 0.1) is 24.7 Å². The smallest absolute Gasteiger partial charge is 0.343 e. The van der Waals surface area contributed by atoms with Crippen LogP contribution in [0.1, 0.15) is 58.8 Å². The van der Waals surface area contributed by atoms with Crippen LogP contribution in [0.15, 0.2) is 96.4 Å². The maximum Gasteiger partial charge on any atom is 0.343 e. The van der Waals surface area contributed by atoms with Gasteiger partial charge in [0, 0.05) is 11.6 Å². The van der Waals surface area contributed by atoms with E-state index in [1.54, 1.807) is 42.5 Å². The fourth-order valence-corrected chi connectivity index (χ4v) is 4.85. The Labute approximate surface area is 257 Å². The summed E-state index contributed by atoms with van der Waals surface area (Å²) >= 11 is 0. The summed E-state index contributed by atoms with van der Waals surface area (Å²) in [5, 5.41) is 10.0. The van der Waals surface area contributed by atoms with E-state index < -0.39 is 11.9 Å². The van der Waals surface area contributed by atoms with Crippen LogP contribution >= 0.6 is 0 Å². The lowest BCUT2D eigenvalue weighted by atomic mass is 9.83. The predicted molar refractivity (Wildman–Crippen MR) is 166 cm³/mol. The van der Waals surface area contributed by atoms with Crippen molar-refractivity contribution >= 4 is 5.97 Å². The summed E-state index contributed by atoms with van der Waals surface area (Å²) in [5.41, 5.74) is 10.6. The first kappa shape index (κ1) is 30.1. The van der Waals surface area contributed by atoms with Crippen LogP contribution in [0.2, 0.25) is 0 Å². The molecule has 1 aliphatic heterocycles. The van der Waals surface area contributed by atoms with Crippen molar-refractivity contribution in [3.63, 3.8) is 0 Å². The molecule has 0 bridgehead atoms. The molecule has 0 aliphatic carbocycles. The van der Waals surface area contributed by atoms with E-state index in [9.17, 15) is 10.1 Å². The van der Waals surface area contributed by atoms with E-state index >= 15 is 0 Å². The van der Waals surface area contributed by atoms with Crippen molar-refractivity contribution in [2.75, 3.05) is 13.2 Å². The number of aryl methyl sites for hydroxylation is 1. The number of nitriles is 1. The zero-order valence-corrected chi connectivity index (χ0v) is 25.0. The molecule has 4 aromatic rings. The summed E-state index contributed by atoms with van der Waals surface area (Å²) in [5.74, 6) is 1.42.